The minimum absolute atomic E-state index is 0.136. The molecule has 2 nitrogen and oxygen atoms in total. The van der Waals surface area contributed by atoms with Crippen molar-refractivity contribution < 1.29 is 4.79 Å². The lowest BCUT2D eigenvalue weighted by molar-refractivity contribution is 0.0982. The fraction of sp³-hybridized carbons (Fsp3) is 0.533. The Morgan fingerprint density at radius 3 is 2.41 bits per heavy atom. The minimum atomic E-state index is 0.136. The summed E-state index contributed by atoms with van der Waals surface area (Å²) in [5.41, 5.74) is 3.35. The summed E-state index contributed by atoms with van der Waals surface area (Å²) in [6, 6.07) is 6.17. The summed E-state index contributed by atoms with van der Waals surface area (Å²) in [4.78, 5) is 11.9. The molecule has 0 unspecified atom stereocenters. The first kappa shape index (κ1) is 13.9. The summed E-state index contributed by atoms with van der Waals surface area (Å²) in [7, 11) is 1.86. The molecular weight excluding hydrogens is 210 g/mol. The van der Waals surface area contributed by atoms with Gasteiger partial charge >= 0.3 is 0 Å². The highest BCUT2D eigenvalue weighted by molar-refractivity contribution is 5.97. The number of carbonyl (C=O) groups is 1. The molecule has 0 aromatic heterocycles. The lowest BCUT2D eigenvalue weighted by atomic mass is 9.85. The molecule has 0 saturated heterocycles. The Balaban J connectivity index is 2.94. The summed E-state index contributed by atoms with van der Waals surface area (Å²) in [6.07, 6.45) is 0.562. The monoisotopic (exact) mass is 233 g/mol. The molecule has 0 radical (unpaired) electrons. The Labute approximate surface area is 104 Å². The van der Waals surface area contributed by atoms with Gasteiger partial charge in [0.2, 0.25) is 0 Å². The second kappa shape index (κ2) is 5.46. The Morgan fingerprint density at radius 1 is 1.29 bits per heavy atom. The predicted molar refractivity (Wildman–Crippen MR) is 72.8 cm³/mol. The maximum absolute atomic E-state index is 11.9. The molecular formula is C15H23NO. The number of Topliss-reactive ketones (excluding diaryl/α,β-unsaturated/α-hetero) is 1. The van der Waals surface area contributed by atoms with Crippen LogP contribution >= 0.6 is 0 Å². The van der Waals surface area contributed by atoms with Crippen LogP contribution in [0.3, 0.4) is 0 Å². The van der Waals surface area contributed by atoms with Crippen LogP contribution < -0.4 is 5.32 Å². The van der Waals surface area contributed by atoms with E-state index in [0.717, 1.165) is 17.7 Å². The zero-order valence-corrected chi connectivity index (χ0v) is 11.6. The topological polar surface area (TPSA) is 29.1 Å². The van der Waals surface area contributed by atoms with Gasteiger partial charge in [0.25, 0.3) is 0 Å². The largest absolute Gasteiger partial charge is 0.319 e. The third-order valence-electron chi connectivity index (χ3n) is 2.99. The first-order chi connectivity index (χ1) is 7.86. The molecule has 1 rings (SSSR count). The SMILES string of the molecule is CNCCC(=O)c1ccc(C(C)(C)C)cc1C. The predicted octanol–water partition coefficient (Wildman–Crippen LogP) is 3.08. The minimum Gasteiger partial charge on any atom is -0.319 e. The number of carbonyl (C=O) groups excluding carboxylic acids is 1. The number of hydrogen-bond acceptors (Lipinski definition) is 2. The molecule has 0 aliphatic carbocycles. The maximum Gasteiger partial charge on any atom is 0.164 e. The van der Waals surface area contributed by atoms with Gasteiger partial charge in [0.05, 0.1) is 0 Å². The molecule has 0 aliphatic rings. The van der Waals surface area contributed by atoms with Crippen LogP contribution in [0.5, 0.6) is 0 Å². The first-order valence-electron chi connectivity index (χ1n) is 6.15. The number of ketones is 1. The van der Waals surface area contributed by atoms with Crippen molar-refractivity contribution in [2.45, 2.75) is 39.5 Å². The van der Waals surface area contributed by atoms with Crippen LogP contribution in [0.1, 0.15) is 48.7 Å². The van der Waals surface area contributed by atoms with Crippen molar-refractivity contribution >= 4 is 5.78 Å². The number of rotatable bonds is 4. The van der Waals surface area contributed by atoms with Crippen molar-refractivity contribution in [1.29, 1.82) is 0 Å². The van der Waals surface area contributed by atoms with Crippen LogP contribution in [0.15, 0.2) is 18.2 Å². The Kier molecular flexibility index (Phi) is 4.47. The average molecular weight is 233 g/mol. The van der Waals surface area contributed by atoms with Crippen molar-refractivity contribution in [3.05, 3.63) is 34.9 Å². The maximum atomic E-state index is 11.9. The van der Waals surface area contributed by atoms with Crippen molar-refractivity contribution in [2.75, 3.05) is 13.6 Å². The van der Waals surface area contributed by atoms with Gasteiger partial charge in [-0.25, -0.2) is 0 Å². The van der Waals surface area contributed by atoms with Gasteiger partial charge in [-0.2, -0.15) is 0 Å². The molecule has 0 heterocycles. The lowest BCUT2D eigenvalue weighted by Gasteiger charge is -2.20. The second-order valence-corrected chi connectivity index (χ2v) is 5.56. The molecule has 94 valence electrons. The van der Waals surface area contributed by atoms with E-state index in [0.29, 0.717) is 6.42 Å². The molecule has 0 atom stereocenters. The molecule has 1 aromatic carbocycles. The molecule has 0 bridgehead atoms. The summed E-state index contributed by atoms with van der Waals surface area (Å²) in [5, 5.41) is 3.00. The van der Waals surface area contributed by atoms with Crippen LogP contribution in [-0.2, 0) is 5.41 Å². The Bertz CT molecular complexity index is 402. The van der Waals surface area contributed by atoms with E-state index in [1.165, 1.54) is 5.56 Å². The molecule has 0 saturated carbocycles. The van der Waals surface area contributed by atoms with E-state index >= 15 is 0 Å². The van der Waals surface area contributed by atoms with E-state index in [9.17, 15) is 4.79 Å². The van der Waals surface area contributed by atoms with Crippen LogP contribution in [0.25, 0.3) is 0 Å². The van der Waals surface area contributed by atoms with Crippen LogP contribution in [0.4, 0.5) is 0 Å². The number of nitrogens with one attached hydrogen (secondary N) is 1. The first-order valence-corrected chi connectivity index (χ1v) is 6.15. The Morgan fingerprint density at radius 2 is 1.94 bits per heavy atom. The second-order valence-electron chi connectivity index (χ2n) is 5.56. The van der Waals surface area contributed by atoms with Gasteiger partial charge in [-0.1, -0.05) is 39.0 Å². The fourth-order valence-corrected chi connectivity index (χ4v) is 1.82. The summed E-state index contributed by atoms with van der Waals surface area (Å²) in [6.45, 7) is 9.31. The van der Waals surface area contributed by atoms with Gasteiger partial charge in [-0.05, 0) is 30.5 Å². The molecule has 2 heteroatoms. The lowest BCUT2D eigenvalue weighted by Crippen LogP contribution is -2.15. The fourth-order valence-electron chi connectivity index (χ4n) is 1.82. The number of aryl methyl sites for hydroxylation is 1. The summed E-state index contributed by atoms with van der Waals surface area (Å²) in [5.74, 6) is 0.220. The normalized spacial score (nSPS) is 11.6. The van der Waals surface area contributed by atoms with Crippen molar-refractivity contribution in [1.82, 2.24) is 5.32 Å². The smallest absolute Gasteiger partial charge is 0.164 e. The van der Waals surface area contributed by atoms with Crippen molar-refractivity contribution in [3.8, 4) is 0 Å². The van der Waals surface area contributed by atoms with E-state index in [2.05, 4.69) is 38.2 Å². The van der Waals surface area contributed by atoms with E-state index in [-0.39, 0.29) is 11.2 Å². The number of benzene rings is 1. The molecule has 0 aliphatic heterocycles. The highest BCUT2D eigenvalue weighted by Gasteiger charge is 2.16. The highest BCUT2D eigenvalue weighted by Crippen LogP contribution is 2.24. The van der Waals surface area contributed by atoms with Gasteiger partial charge in [-0.3, -0.25) is 4.79 Å². The molecule has 1 N–H and O–H groups in total. The van der Waals surface area contributed by atoms with E-state index in [1.807, 2.05) is 20.0 Å². The van der Waals surface area contributed by atoms with Gasteiger partial charge in [0.15, 0.2) is 5.78 Å². The molecule has 0 fully saturated rings. The summed E-state index contributed by atoms with van der Waals surface area (Å²) >= 11 is 0. The van der Waals surface area contributed by atoms with Crippen LogP contribution in [0.2, 0.25) is 0 Å². The van der Waals surface area contributed by atoms with Gasteiger partial charge in [0, 0.05) is 18.5 Å². The van der Waals surface area contributed by atoms with E-state index in [4.69, 9.17) is 0 Å². The van der Waals surface area contributed by atoms with Crippen LogP contribution in [0, 0.1) is 6.92 Å². The van der Waals surface area contributed by atoms with Crippen molar-refractivity contribution in [2.24, 2.45) is 0 Å². The molecule has 17 heavy (non-hydrogen) atoms. The third-order valence-corrected chi connectivity index (χ3v) is 2.99. The standard InChI is InChI=1S/C15H23NO/c1-11-10-12(15(2,3)4)6-7-13(11)14(17)8-9-16-5/h6-7,10,16H,8-9H2,1-5H3. The molecule has 1 aromatic rings. The van der Waals surface area contributed by atoms with E-state index in [1.54, 1.807) is 0 Å². The number of hydrogen-bond donors (Lipinski definition) is 1. The van der Waals surface area contributed by atoms with Crippen LogP contribution in [-0.4, -0.2) is 19.4 Å². The zero-order valence-electron chi connectivity index (χ0n) is 11.6. The molecule has 0 spiro atoms. The van der Waals surface area contributed by atoms with Gasteiger partial charge in [-0.15, -0.1) is 0 Å². The quantitative estimate of drug-likeness (QED) is 0.810. The zero-order chi connectivity index (χ0) is 13.1. The van der Waals surface area contributed by atoms with Gasteiger partial charge in [0.1, 0.15) is 0 Å². The Hall–Kier alpha value is -1.15. The van der Waals surface area contributed by atoms with Gasteiger partial charge < -0.3 is 5.32 Å². The summed E-state index contributed by atoms with van der Waals surface area (Å²) < 4.78 is 0. The highest BCUT2D eigenvalue weighted by atomic mass is 16.1. The molecule has 0 amide bonds. The third kappa shape index (κ3) is 3.67. The van der Waals surface area contributed by atoms with E-state index < -0.39 is 0 Å². The average Bonchev–Trinajstić information content (AvgIpc) is 2.24. The van der Waals surface area contributed by atoms with Crippen molar-refractivity contribution in [3.63, 3.8) is 0 Å².